The molecule has 1 N–H and O–H groups in total. The van der Waals surface area contributed by atoms with Crippen molar-refractivity contribution in [3.8, 4) is 0 Å². The average molecular weight is 315 g/mol. The van der Waals surface area contributed by atoms with Gasteiger partial charge in [0.2, 0.25) is 5.91 Å². The largest absolute Gasteiger partial charge is 0.353 e. The number of hydrogen-bond acceptors (Lipinski definition) is 4. The van der Waals surface area contributed by atoms with Gasteiger partial charge in [-0.25, -0.2) is 0 Å². The molecule has 1 amide bonds. The number of likely N-dealkylation sites (N-methyl/N-ethyl adjacent to an activating group) is 1. The van der Waals surface area contributed by atoms with E-state index in [0.717, 1.165) is 4.90 Å². The number of hydrogen-bond donors (Lipinski definition) is 1. The Morgan fingerprint density at radius 2 is 1.86 bits per heavy atom. The molecule has 1 unspecified atom stereocenters. The van der Waals surface area contributed by atoms with Gasteiger partial charge in [0, 0.05) is 23.8 Å². The van der Waals surface area contributed by atoms with Crippen LogP contribution in [0.4, 0.5) is 0 Å². The summed E-state index contributed by atoms with van der Waals surface area (Å²) < 4.78 is 0. The van der Waals surface area contributed by atoms with Crippen LogP contribution in [-0.4, -0.2) is 42.2 Å². The van der Waals surface area contributed by atoms with Crippen LogP contribution in [0.2, 0.25) is 0 Å². The molecule has 116 valence electrons. The van der Waals surface area contributed by atoms with E-state index < -0.39 is 0 Å². The summed E-state index contributed by atoms with van der Waals surface area (Å²) in [6.45, 7) is 0.604. The number of benzene rings is 1. The van der Waals surface area contributed by atoms with Crippen LogP contribution in [0.15, 0.2) is 59.8 Å². The van der Waals surface area contributed by atoms with E-state index in [2.05, 4.69) is 27.3 Å². The second kappa shape index (κ2) is 8.56. The van der Waals surface area contributed by atoms with Gasteiger partial charge in [-0.15, -0.1) is 11.8 Å². The first-order chi connectivity index (χ1) is 10.7. The lowest BCUT2D eigenvalue weighted by Gasteiger charge is -2.25. The zero-order valence-electron chi connectivity index (χ0n) is 12.9. The average Bonchev–Trinajstić information content (AvgIpc) is 2.55. The van der Waals surface area contributed by atoms with Crippen molar-refractivity contribution in [2.75, 3.05) is 26.4 Å². The van der Waals surface area contributed by atoms with Crippen LogP contribution in [0.25, 0.3) is 0 Å². The van der Waals surface area contributed by atoms with E-state index >= 15 is 0 Å². The number of nitrogens with one attached hydrogen (secondary N) is 1. The molecule has 0 fully saturated rings. The van der Waals surface area contributed by atoms with Gasteiger partial charge in [-0.05, 0) is 31.8 Å². The van der Waals surface area contributed by atoms with Gasteiger partial charge in [-0.2, -0.15) is 0 Å². The highest BCUT2D eigenvalue weighted by atomic mass is 32.2. The number of carbonyl (C=O) groups is 1. The van der Waals surface area contributed by atoms with Gasteiger partial charge in [0.05, 0.1) is 11.8 Å². The van der Waals surface area contributed by atoms with Crippen molar-refractivity contribution in [1.29, 1.82) is 0 Å². The quantitative estimate of drug-likeness (QED) is 0.798. The molecule has 0 saturated heterocycles. The molecule has 5 heteroatoms. The Kier molecular flexibility index (Phi) is 6.43. The minimum atomic E-state index is 0.0459. The van der Waals surface area contributed by atoms with Gasteiger partial charge in [-0.3, -0.25) is 9.78 Å². The molecule has 4 nitrogen and oxygen atoms in total. The second-order valence-electron chi connectivity index (χ2n) is 5.17. The van der Waals surface area contributed by atoms with E-state index in [0.29, 0.717) is 12.3 Å². The van der Waals surface area contributed by atoms with Crippen LogP contribution < -0.4 is 5.32 Å². The van der Waals surface area contributed by atoms with Crippen LogP contribution in [-0.2, 0) is 4.79 Å². The first kappa shape index (κ1) is 16.5. The first-order valence-electron chi connectivity index (χ1n) is 7.17. The fourth-order valence-corrected chi connectivity index (χ4v) is 2.83. The van der Waals surface area contributed by atoms with Gasteiger partial charge in [0.1, 0.15) is 0 Å². The molecular formula is C17H21N3OS. The number of rotatable bonds is 7. The van der Waals surface area contributed by atoms with Gasteiger partial charge in [0.25, 0.3) is 0 Å². The van der Waals surface area contributed by atoms with Crippen molar-refractivity contribution in [1.82, 2.24) is 15.2 Å². The summed E-state index contributed by atoms with van der Waals surface area (Å²) in [4.78, 5) is 19.1. The molecule has 0 radical (unpaired) electrons. The molecule has 0 aliphatic rings. The summed E-state index contributed by atoms with van der Waals surface area (Å²) in [6.07, 6.45) is 3.47. The molecule has 0 spiro atoms. The smallest absolute Gasteiger partial charge is 0.230 e. The zero-order valence-corrected chi connectivity index (χ0v) is 13.7. The molecule has 1 aromatic heterocycles. The molecule has 0 aliphatic carbocycles. The third kappa shape index (κ3) is 5.16. The highest BCUT2D eigenvalue weighted by Gasteiger charge is 2.14. The Morgan fingerprint density at radius 1 is 1.18 bits per heavy atom. The Hall–Kier alpha value is -1.85. The lowest BCUT2D eigenvalue weighted by molar-refractivity contribution is -0.118. The molecule has 1 heterocycles. The molecule has 1 atom stereocenters. The Bertz CT molecular complexity index is 575. The Balaban J connectivity index is 1.83. The van der Waals surface area contributed by atoms with Gasteiger partial charge in [0.15, 0.2) is 0 Å². The summed E-state index contributed by atoms with van der Waals surface area (Å²) in [5.74, 6) is 0.462. The fourth-order valence-electron chi connectivity index (χ4n) is 2.12. The topological polar surface area (TPSA) is 45.2 Å². The predicted octanol–water partition coefficient (Wildman–Crippen LogP) is 2.59. The van der Waals surface area contributed by atoms with Gasteiger partial charge >= 0.3 is 0 Å². The van der Waals surface area contributed by atoms with Crippen molar-refractivity contribution >= 4 is 17.7 Å². The maximum Gasteiger partial charge on any atom is 0.230 e. The maximum absolute atomic E-state index is 12.0. The highest BCUT2D eigenvalue weighted by Crippen LogP contribution is 2.18. The summed E-state index contributed by atoms with van der Waals surface area (Å²) in [7, 11) is 4.05. The number of aromatic nitrogens is 1. The molecular weight excluding hydrogens is 294 g/mol. The van der Waals surface area contributed by atoms with Crippen molar-refractivity contribution in [3.05, 3.63) is 60.4 Å². The van der Waals surface area contributed by atoms with Crippen LogP contribution in [0.5, 0.6) is 0 Å². The molecule has 2 rings (SSSR count). The van der Waals surface area contributed by atoms with Crippen molar-refractivity contribution in [3.63, 3.8) is 0 Å². The van der Waals surface area contributed by atoms with E-state index in [1.54, 1.807) is 12.4 Å². The van der Waals surface area contributed by atoms with Crippen molar-refractivity contribution < 1.29 is 4.79 Å². The zero-order chi connectivity index (χ0) is 15.8. The lowest BCUT2D eigenvalue weighted by atomic mass is 10.1. The van der Waals surface area contributed by atoms with Crippen LogP contribution in [0, 0.1) is 0 Å². The SMILES string of the molecule is CN(C)C(CNC(=O)CSc1ccncc1)c1ccccc1. The third-order valence-electron chi connectivity index (χ3n) is 3.32. The molecule has 1 aromatic carbocycles. The molecule has 22 heavy (non-hydrogen) atoms. The van der Waals surface area contributed by atoms with Crippen LogP contribution in [0.3, 0.4) is 0 Å². The number of carbonyl (C=O) groups excluding carboxylic acids is 1. The minimum absolute atomic E-state index is 0.0459. The number of nitrogens with zero attached hydrogens (tertiary/aromatic N) is 2. The molecule has 0 aliphatic heterocycles. The molecule has 0 saturated carbocycles. The Labute approximate surface area is 135 Å². The van der Waals surface area contributed by atoms with Crippen molar-refractivity contribution in [2.24, 2.45) is 0 Å². The van der Waals surface area contributed by atoms with Crippen LogP contribution >= 0.6 is 11.8 Å². The number of thioether (sulfide) groups is 1. The fraction of sp³-hybridized carbons (Fsp3) is 0.294. The monoisotopic (exact) mass is 315 g/mol. The van der Waals surface area contributed by atoms with E-state index in [-0.39, 0.29) is 11.9 Å². The highest BCUT2D eigenvalue weighted by molar-refractivity contribution is 8.00. The van der Waals surface area contributed by atoms with E-state index in [1.807, 2.05) is 44.4 Å². The van der Waals surface area contributed by atoms with Gasteiger partial charge < -0.3 is 10.2 Å². The summed E-state index contributed by atoms with van der Waals surface area (Å²) in [5, 5.41) is 3.02. The van der Waals surface area contributed by atoms with Crippen molar-refractivity contribution in [2.45, 2.75) is 10.9 Å². The summed E-state index contributed by atoms with van der Waals surface area (Å²) in [5.41, 5.74) is 1.20. The van der Waals surface area contributed by atoms with Gasteiger partial charge in [-0.1, -0.05) is 30.3 Å². The predicted molar refractivity (Wildman–Crippen MR) is 90.8 cm³/mol. The normalized spacial score (nSPS) is 12.1. The second-order valence-corrected chi connectivity index (χ2v) is 6.21. The lowest BCUT2D eigenvalue weighted by Crippen LogP contribution is -2.35. The summed E-state index contributed by atoms with van der Waals surface area (Å²) >= 11 is 1.52. The first-order valence-corrected chi connectivity index (χ1v) is 8.16. The van der Waals surface area contributed by atoms with E-state index in [9.17, 15) is 4.79 Å². The van der Waals surface area contributed by atoms with E-state index in [4.69, 9.17) is 0 Å². The maximum atomic E-state index is 12.0. The minimum Gasteiger partial charge on any atom is -0.353 e. The standard InChI is InChI=1S/C17H21N3OS/c1-20(2)16(14-6-4-3-5-7-14)12-19-17(21)13-22-15-8-10-18-11-9-15/h3-11,16H,12-13H2,1-2H3,(H,19,21). The van der Waals surface area contributed by atoms with E-state index in [1.165, 1.54) is 17.3 Å². The molecule has 2 aromatic rings. The summed E-state index contributed by atoms with van der Waals surface area (Å²) in [6, 6.07) is 14.2. The third-order valence-corrected chi connectivity index (χ3v) is 4.33. The molecule has 0 bridgehead atoms. The Morgan fingerprint density at radius 3 is 2.50 bits per heavy atom. The van der Waals surface area contributed by atoms with Crippen LogP contribution in [0.1, 0.15) is 11.6 Å². The number of amides is 1. The number of pyridine rings is 1.